The zero-order chi connectivity index (χ0) is 18.6. The lowest BCUT2D eigenvalue weighted by Crippen LogP contribution is -2.36. The molecule has 0 bridgehead atoms. The van der Waals surface area contributed by atoms with Gasteiger partial charge in [-0.05, 0) is 12.1 Å². The Morgan fingerprint density at radius 2 is 0.963 bits per heavy atom. The van der Waals surface area contributed by atoms with Gasteiger partial charge in [-0.2, -0.15) is 0 Å². The molecule has 0 N–H and O–H groups in total. The topological polar surface area (TPSA) is 52.6 Å². The minimum absolute atomic E-state index is 0.149. The van der Waals surface area contributed by atoms with Crippen molar-refractivity contribution in [1.29, 1.82) is 0 Å². The molecule has 1 aliphatic rings. The molecule has 2 atom stereocenters. The van der Waals surface area contributed by atoms with Crippen molar-refractivity contribution in [3.05, 3.63) is 96.1 Å². The maximum absolute atomic E-state index is 13.0. The van der Waals surface area contributed by atoms with Gasteiger partial charge in [0.2, 0.25) is 11.6 Å². The summed E-state index contributed by atoms with van der Waals surface area (Å²) in [7, 11) is 0. The molecule has 3 aromatic carbocycles. The van der Waals surface area contributed by atoms with Crippen LogP contribution >= 0.6 is 0 Å². The van der Waals surface area contributed by atoms with Gasteiger partial charge in [0.1, 0.15) is 0 Å². The van der Waals surface area contributed by atoms with E-state index in [-0.39, 0.29) is 18.0 Å². The Balaban J connectivity index is 1.68. The van der Waals surface area contributed by atoms with E-state index in [1.165, 1.54) is 0 Å². The number of ketones is 2. The van der Waals surface area contributed by atoms with Crippen LogP contribution in [0.4, 0.5) is 0 Å². The second-order valence-electron chi connectivity index (χ2n) is 6.36. The molecule has 4 rings (SSSR count). The van der Waals surface area contributed by atoms with Gasteiger partial charge in [0.05, 0.1) is 0 Å². The zero-order valence-corrected chi connectivity index (χ0v) is 14.6. The maximum atomic E-state index is 13.0. The summed E-state index contributed by atoms with van der Waals surface area (Å²) in [5.74, 6) is 0.605. The van der Waals surface area contributed by atoms with E-state index in [0.29, 0.717) is 22.6 Å². The fourth-order valence-corrected chi connectivity index (χ4v) is 3.14. The van der Waals surface area contributed by atoms with Crippen LogP contribution in [0.2, 0.25) is 0 Å². The van der Waals surface area contributed by atoms with Crippen LogP contribution in [0.5, 0.6) is 11.5 Å². The Morgan fingerprint density at radius 1 is 0.593 bits per heavy atom. The normalized spacial score (nSPS) is 18.4. The molecule has 1 aliphatic heterocycles. The van der Waals surface area contributed by atoms with Crippen LogP contribution in [0.1, 0.15) is 27.1 Å². The number of ether oxygens (including phenoxy) is 2. The van der Waals surface area contributed by atoms with Gasteiger partial charge < -0.3 is 9.47 Å². The number of benzene rings is 3. The molecule has 0 aliphatic carbocycles. The molecule has 3 aromatic rings. The van der Waals surface area contributed by atoms with Crippen LogP contribution in [0.3, 0.4) is 0 Å². The molecule has 0 amide bonds. The molecule has 4 nitrogen and oxygen atoms in total. The lowest BCUT2D eigenvalue weighted by atomic mass is 9.97. The van der Waals surface area contributed by atoms with Crippen molar-refractivity contribution in [2.24, 2.45) is 0 Å². The molecule has 0 aromatic heterocycles. The predicted octanol–water partition coefficient (Wildman–Crippen LogP) is 4.35. The van der Waals surface area contributed by atoms with Crippen LogP contribution in [-0.2, 0) is 0 Å². The van der Waals surface area contributed by atoms with Crippen LogP contribution < -0.4 is 9.47 Å². The lowest BCUT2D eigenvalue weighted by molar-refractivity contribution is 0.0666. The molecular formula is C23H18O4. The molecule has 0 unspecified atom stereocenters. The van der Waals surface area contributed by atoms with Gasteiger partial charge >= 0.3 is 0 Å². The molecule has 0 spiro atoms. The second-order valence-corrected chi connectivity index (χ2v) is 6.36. The summed E-state index contributed by atoms with van der Waals surface area (Å²) in [6.07, 6.45) is -1.45. The quantitative estimate of drug-likeness (QED) is 0.651. The Bertz CT molecular complexity index is 872. The number of hydrogen-bond donors (Lipinski definition) is 0. The monoisotopic (exact) mass is 358 g/mol. The molecule has 0 saturated carbocycles. The van der Waals surface area contributed by atoms with E-state index < -0.39 is 12.2 Å². The zero-order valence-electron chi connectivity index (χ0n) is 14.6. The SMILES string of the molecule is O=C(c1ccccc1)[C@@H]1C[C@H](C(=O)c2ccccc2)Oc2ccccc2O1. The summed E-state index contributed by atoms with van der Waals surface area (Å²) in [5, 5.41) is 0. The van der Waals surface area contributed by atoms with E-state index in [0.717, 1.165) is 0 Å². The first-order valence-electron chi connectivity index (χ1n) is 8.83. The van der Waals surface area contributed by atoms with Crippen molar-refractivity contribution in [1.82, 2.24) is 0 Å². The van der Waals surface area contributed by atoms with Gasteiger partial charge in [0, 0.05) is 17.5 Å². The van der Waals surface area contributed by atoms with Gasteiger partial charge in [-0.15, -0.1) is 0 Å². The van der Waals surface area contributed by atoms with Crippen molar-refractivity contribution < 1.29 is 19.1 Å². The highest BCUT2D eigenvalue weighted by atomic mass is 16.5. The Morgan fingerprint density at radius 3 is 1.37 bits per heavy atom. The number of carbonyl (C=O) groups is 2. The number of fused-ring (bicyclic) bond motifs is 1. The smallest absolute Gasteiger partial charge is 0.203 e. The van der Waals surface area contributed by atoms with Gasteiger partial charge in [-0.1, -0.05) is 72.8 Å². The Kier molecular flexibility index (Phi) is 4.71. The average molecular weight is 358 g/mol. The third-order valence-electron chi connectivity index (χ3n) is 4.52. The summed E-state index contributed by atoms with van der Waals surface area (Å²) < 4.78 is 11.9. The van der Waals surface area contributed by atoms with Gasteiger partial charge in [-0.3, -0.25) is 9.59 Å². The fourth-order valence-electron chi connectivity index (χ4n) is 3.14. The molecule has 134 valence electrons. The maximum Gasteiger partial charge on any atom is 0.203 e. The van der Waals surface area contributed by atoms with Gasteiger partial charge in [0.15, 0.2) is 23.7 Å². The highest BCUT2D eigenvalue weighted by Crippen LogP contribution is 2.34. The van der Waals surface area contributed by atoms with E-state index in [1.54, 1.807) is 60.7 Å². The summed E-state index contributed by atoms with van der Waals surface area (Å²) in [4.78, 5) is 26.0. The third-order valence-corrected chi connectivity index (χ3v) is 4.52. The molecular weight excluding hydrogens is 340 g/mol. The predicted molar refractivity (Wildman–Crippen MR) is 101 cm³/mol. The van der Waals surface area contributed by atoms with Crippen LogP contribution in [0, 0.1) is 0 Å². The fraction of sp³-hybridized carbons (Fsp3) is 0.130. The van der Waals surface area contributed by atoms with Gasteiger partial charge in [0.25, 0.3) is 0 Å². The number of hydrogen-bond acceptors (Lipinski definition) is 4. The largest absolute Gasteiger partial charge is 0.478 e. The van der Waals surface area contributed by atoms with Crippen molar-refractivity contribution in [3.8, 4) is 11.5 Å². The first-order chi connectivity index (χ1) is 13.2. The summed E-state index contributed by atoms with van der Waals surface area (Å²) in [6, 6.07) is 25.0. The minimum Gasteiger partial charge on any atom is -0.478 e. The van der Waals surface area contributed by atoms with E-state index in [2.05, 4.69) is 0 Å². The van der Waals surface area contributed by atoms with E-state index in [1.807, 2.05) is 24.3 Å². The average Bonchev–Trinajstić information content (AvgIpc) is 2.93. The minimum atomic E-state index is -0.797. The number of Topliss-reactive ketones (excluding diaryl/α,β-unsaturated/α-hetero) is 2. The van der Waals surface area contributed by atoms with Crippen molar-refractivity contribution in [3.63, 3.8) is 0 Å². The van der Waals surface area contributed by atoms with Crippen LogP contribution in [0.25, 0.3) is 0 Å². The van der Waals surface area contributed by atoms with E-state index in [4.69, 9.17) is 9.47 Å². The number of rotatable bonds is 4. The summed E-state index contributed by atoms with van der Waals surface area (Å²) in [5.41, 5.74) is 1.10. The number of carbonyl (C=O) groups excluding carboxylic acids is 2. The van der Waals surface area contributed by atoms with Crippen molar-refractivity contribution in [2.45, 2.75) is 18.6 Å². The molecule has 0 saturated heterocycles. The highest BCUT2D eigenvalue weighted by molar-refractivity contribution is 6.02. The van der Waals surface area contributed by atoms with Gasteiger partial charge in [-0.25, -0.2) is 0 Å². The number of para-hydroxylation sites is 2. The van der Waals surface area contributed by atoms with E-state index >= 15 is 0 Å². The Labute approximate surface area is 157 Å². The standard InChI is InChI=1S/C23H18O4/c24-22(16-9-3-1-4-10-16)20-15-21(23(25)17-11-5-2-6-12-17)27-19-14-8-7-13-18(19)26-20/h1-14,20-21H,15H2/t20-,21+. The molecule has 0 fully saturated rings. The van der Waals surface area contributed by atoms with Crippen molar-refractivity contribution in [2.75, 3.05) is 0 Å². The van der Waals surface area contributed by atoms with Crippen LogP contribution in [0.15, 0.2) is 84.9 Å². The second kappa shape index (κ2) is 7.46. The van der Waals surface area contributed by atoms with Crippen LogP contribution in [-0.4, -0.2) is 23.8 Å². The highest BCUT2D eigenvalue weighted by Gasteiger charge is 2.35. The molecule has 27 heavy (non-hydrogen) atoms. The lowest BCUT2D eigenvalue weighted by Gasteiger charge is -2.18. The molecule has 1 heterocycles. The van der Waals surface area contributed by atoms with Crippen molar-refractivity contribution >= 4 is 11.6 Å². The molecule has 4 heteroatoms. The summed E-state index contributed by atoms with van der Waals surface area (Å²) in [6.45, 7) is 0. The first-order valence-corrected chi connectivity index (χ1v) is 8.83. The first kappa shape index (κ1) is 17.0. The molecule has 0 radical (unpaired) electrons. The van der Waals surface area contributed by atoms with E-state index in [9.17, 15) is 9.59 Å². The third kappa shape index (κ3) is 3.60. The Hall–Kier alpha value is -3.40. The summed E-state index contributed by atoms with van der Waals surface area (Å²) >= 11 is 0.